The molecule has 170 valence electrons. The topological polar surface area (TPSA) is 82.1 Å². The molecule has 1 heterocycles. The van der Waals surface area contributed by atoms with E-state index in [1.165, 1.54) is 6.92 Å². The number of hydrogen-bond donors (Lipinski definition) is 2. The fourth-order valence-corrected chi connectivity index (χ4v) is 4.10. The molecular formula is C26H27N3O4. The highest BCUT2D eigenvalue weighted by molar-refractivity contribution is 6.06. The van der Waals surface area contributed by atoms with E-state index in [1.807, 2.05) is 69.5 Å². The van der Waals surface area contributed by atoms with Crippen LogP contribution in [0.5, 0.6) is 5.75 Å². The van der Waals surface area contributed by atoms with Gasteiger partial charge in [-0.2, -0.15) is 0 Å². The molecule has 1 atom stereocenters. The van der Waals surface area contributed by atoms with E-state index in [-0.39, 0.29) is 17.5 Å². The molecule has 7 heteroatoms. The van der Waals surface area contributed by atoms with Crippen molar-refractivity contribution in [1.82, 2.24) is 4.90 Å². The number of allylic oxidation sites excluding steroid dienone is 1. The first-order chi connectivity index (χ1) is 15.7. The van der Waals surface area contributed by atoms with Crippen LogP contribution in [-0.2, 0) is 4.79 Å². The van der Waals surface area contributed by atoms with Gasteiger partial charge in [-0.25, -0.2) is 4.79 Å². The van der Waals surface area contributed by atoms with E-state index < -0.39 is 5.97 Å². The molecular weight excluding hydrogens is 418 g/mol. The van der Waals surface area contributed by atoms with Gasteiger partial charge < -0.3 is 20.1 Å². The first-order valence-corrected chi connectivity index (χ1v) is 10.6. The molecule has 1 aliphatic heterocycles. The van der Waals surface area contributed by atoms with Crippen molar-refractivity contribution >= 4 is 28.8 Å². The largest absolute Gasteiger partial charge is 0.478 e. The third kappa shape index (κ3) is 4.15. The van der Waals surface area contributed by atoms with Crippen molar-refractivity contribution in [1.29, 1.82) is 0 Å². The van der Waals surface area contributed by atoms with Gasteiger partial charge in [0.05, 0.1) is 5.56 Å². The summed E-state index contributed by atoms with van der Waals surface area (Å²) in [5, 5.41) is 12.8. The van der Waals surface area contributed by atoms with Gasteiger partial charge in [-0.15, -0.1) is 0 Å². The quantitative estimate of drug-likeness (QED) is 0.724. The van der Waals surface area contributed by atoms with E-state index in [0.29, 0.717) is 28.3 Å². The zero-order chi connectivity index (χ0) is 23.9. The van der Waals surface area contributed by atoms with Crippen molar-refractivity contribution in [3.05, 3.63) is 82.6 Å². The van der Waals surface area contributed by atoms with Crippen LogP contribution in [-0.4, -0.2) is 56.1 Å². The fourth-order valence-electron chi connectivity index (χ4n) is 4.10. The maximum absolute atomic E-state index is 12.2. The maximum Gasteiger partial charge on any atom is 0.336 e. The normalized spacial score (nSPS) is 16.5. The number of fused-ring (bicyclic) bond motifs is 2. The molecule has 0 saturated heterocycles. The Labute approximate surface area is 193 Å². The van der Waals surface area contributed by atoms with Crippen LogP contribution < -0.4 is 15.0 Å². The van der Waals surface area contributed by atoms with Gasteiger partial charge in [-0.05, 0) is 44.4 Å². The Bertz CT molecular complexity index is 1240. The van der Waals surface area contributed by atoms with Gasteiger partial charge in [0.15, 0.2) is 0 Å². The van der Waals surface area contributed by atoms with E-state index in [1.54, 1.807) is 18.2 Å². The number of likely N-dealkylation sites (N-methyl/N-ethyl adjacent to an activating group) is 1. The van der Waals surface area contributed by atoms with E-state index >= 15 is 0 Å². The Morgan fingerprint density at radius 3 is 2.48 bits per heavy atom. The molecule has 2 N–H and O–H groups in total. The molecule has 2 aromatic rings. The number of benzene rings is 2. The van der Waals surface area contributed by atoms with Gasteiger partial charge in [0.25, 0.3) is 0 Å². The van der Waals surface area contributed by atoms with E-state index in [0.717, 1.165) is 16.8 Å². The highest BCUT2D eigenvalue weighted by Gasteiger charge is 2.31. The number of carboxylic acids is 1. The first kappa shape index (κ1) is 22.4. The van der Waals surface area contributed by atoms with E-state index in [4.69, 9.17) is 4.74 Å². The summed E-state index contributed by atoms with van der Waals surface area (Å²) in [6, 6.07) is 10.8. The van der Waals surface area contributed by atoms with Gasteiger partial charge in [0.1, 0.15) is 11.5 Å². The average molecular weight is 446 g/mol. The Morgan fingerprint density at radius 2 is 1.85 bits per heavy atom. The molecule has 0 radical (unpaired) electrons. The standard InChI is InChI=1S/C26H27N3O4/c1-15(30)27-21-8-6-7-20(26(31)32)25(21)24-18-11-9-16(28(2)3)13-22(18)33-23-14-17(29(4)5)10-12-19(23)24/h6-14,16H,1-5H3,(H,27,30)(H,31,32). The highest BCUT2D eigenvalue weighted by Crippen LogP contribution is 2.47. The second-order valence-electron chi connectivity index (χ2n) is 8.52. The molecule has 7 nitrogen and oxygen atoms in total. The predicted octanol–water partition coefficient (Wildman–Crippen LogP) is 3.99. The zero-order valence-electron chi connectivity index (χ0n) is 19.3. The summed E-state index contributed by atoms with van der Waals surface area (Å²) >= 11 is 0. The molecule has 2 aliphatic rings. The number of hydrogen-bond acceptors (Lipinski definition) is 5. The number of aromatic carboxylic acids is 1. The van der Waals surface area contributed by atoms with Crippen LogP contribution in [0.3, 0.4) is 0 Å². The Kier molecular flexibility index (Phi) is 5.82. The molecule has 33 heavy (non-hydrogen) atoms. The molecule has 0 aromatic heterocycles. The second kappa shape index (κ2) is 8.60. The molecule has 0 fully saturated rings. The Balaban J connectivity index is 2.06. The SMILES string of the molecule is CC(=O)Nc1cccc(C(=O)O)c1C1=C2C=CC(N(C)C)C=C2Oc2cc(N(C)C)ccc21. The molecule has 1 amide bonds. The second-order valence-corrected chi connectivity index (χ2v) is 8.52. The van der Waals surface area contributed by atoms with Gasteiger partial charge >= 0.3 is 5.97 Å². The van der Waals surface area contributed by atoms with Crippen LogP contribution in [0.1, 0.15) is 28.4 Å². The van der Waals surface area contributed by atoms with E-state index in [2.05, 4.69) is 10.2 Å². The highest BCUT2D eigenvalue weighted by atomic mass is 16.5. The lowest BCUT2D eigenvalue weighted by atomic mass is 9.84. The number of carbonyl (C=O) groups excluding carboxylic acids is 1. The lowest BCUT2D eigenvalue weighted by Gasteiger charge is -2.31. The Morgan fingerprint density at radius 1 is 1.09 bits per heavy atom. The van der Waals surface area contributed by atoms with Crippen molar-refractivity contribution in [3.8, 4) is 5.75 Å². The molecule has 1 aliphatic carbocycles. The van der Waals surface area contributed by atoms with Crippen LogP contribution in [0.4, 0.5) is 11.4 Å². The lowest BCUT2D eigenvalue weighted by molar-refractivity contribution is -0.114. The molecule has 0 bridgehead atoms. The first-order valence-electron chi connectivity index (χ1n) is 10.6. The van der Waals surface area contributed by atoms with Crippen LogP contribution in [0.15, 0.2) is 66.0 Å². The fraction of sp³-hybridized carbons (Fsp3) is 0.231. The van der Waals surface area contributed by atoms with Gasteiger partial charge in [-0.1, -0.05) is 18.2 Å². The summed E-state index contributed by atoms with van der Waals surface area (Å²) < 4.78 is 6.34. The molecule has 2 aromatic carbocycles. The van der Waals surface area contributed by atoms with Crippen molar-refractivity contribution in [2.75, 3.05) is 38.4 Å². The monoisotopic (exact) mass is 445 g/mol. The minimum atomic E-state index is -1.07. The third-order valence-electron chi connectivity index (χ3n) is 5.74. The zero-order valence-corrected chi connectivity index (χ0v) is 19.3. The van der Waals surface area contributed by atoms with E-state index in [9.17, 15) is 14.7 Å². The van der Waals surface area contributed by atoms with Crippen molar-refractivity contribution in [2.24, 2.45) is 0 Å². The lowest BCUT2D eigenvalue weighted by Crippen LogP contribution is -2.27. The number of carbonyl (C=O) groups is 2. The summed E-state index contributed by atoms with van der Waals surface area (Å²) in [7, 11) is 7.87. The van der Waals surface area contributed by atoms with Crippen molar-refractivity contribution in [3.63, 3.8) is 0 Å². The number of amides is 1. The number of anilines is 2. The minimum absolute atomic E-state index is 0.0353. The van der Waals surface area contributed by atoms with Gasteiger partial charge in [-0.3, -0.25) is 9.69 Å². The summed E-state index contributed by atoms with van der Waals surface area (Å²) in [5.74, 6) is -0.0569. The third-order valence-corrected chi connectivity index (χ3v) is 5.74. The number of ether oxygens (including phenoxy) is 1. The molecule has 0 saturated carbocycles. The number of nitrogens with zero attached hydrogens (tertiary/aromatic N) is 2. The maximum atomic E-state index is 12.2. The molecule has 1 unspecified atom stereocenters. The molecule has 0 spiro atoms. The van der Waals surface area contributed by atoms with Crippen molar-refractivity contribution in [2.45, 2.75) is 13.0 Å². The Hall–Kier alpha value is -3.84. The number of carboxylic acid groups (broad SMARTS) is 1. The average Bonchev–Trinajstić information content (AvgIpc) is 2.76. The summed E-state index contributed by atoms with van der Waals surface area (Å²) in [6.07, 6.45) is 6.03. The minimum Gasteiger partial charge on any atom is -0.478 e. The summed E-state index contributed by atoms with van der Waals surface area (Å²) in [5.41, 5.74) is 4.22. The van der Waals surface area contributed by atoms with Crippen LogP contribution >= 0.6 is 0 Å². The number of nitrogens with one attached hydrogen (secondary N) is 1. The number of rotatable bonds is 5. The van der Waals surface area contributed by atoms with Crippen LogP contribution in [0.2, 0.25) is 0 Å². The summed E-state index contributed by atoms with van der Waals surface area (Å²) in [6.45, 7) is 1.41. The predicted molar refractivity (Wildman–Crippen MR) is 130 cm³/mol. The smallest absolute Gasteiger partial charge is 0.336 e. The van der Waals surface area contributed by atoms with Crippen LogP contribution in [0.25, 0.3) is 5.57 Å². The van der Waals surface area contributed by atoms with Crippen LogP contribution in [0, 0.1) is 0 Å². The van der Waals surface area contributed by atoms with Gasteiger partial charge in [0.2, 0.25) is 5.91 Å². The van der Waals surface area contributed by atoms with Crippen molar-refractivity contribution < 1.29 is 19.4 Å². The van der Waals surface area contributed by atoms with Gasteiger partial charge in [0, 0.05) is 66.8 Å². The molecule has 4 rings (SSSR count). The summed E-state index contributed by atoms with van der Waals surface area (Å²) in [4.78, 5) is 28.2.